The summed E-state index contributed by atoms with van der Waals surface area (Å²) < 4.78 is 113. The molecule has 0 saturated heterocycles. The van der Waals surface area contributed by atoms with E-state index in [9.17, 15) is 39.5 Å². The molecule has 0 bridgehead atoms. The Balaban J connectivity index is 3.16. The van der Waals surface area contributed by atoms with E-state index in [1.54, 1.807) is 0 Å². The van der Waals surface area contributed by atoms with Crippen molar-refractivity contribution in [3.8, 4) is 5.75 Å². The minimum atomic E-state index is -5.42. The molecule has 3 nitrogen and oxygen atoms in total. The first-order valence-corrected chi connectivity index (χ1v) is 5.18. The smallest absolute Gasteiger partial charge is 0.405 e. The van der Waals surface area contributed by atoms with E-state index < -0.39 is 41.9 Å². The van der Waals surface area contributed by atoms with Gasteiger partial charge in [0, 0.05) is 5.69 Å². The van der Waals surface area contributed by atoms with Gasteiger partial charge in [-0.1, -0.05) is 0 Å². The molecule has 0 unspecified atom stereocenters. The first kappa shape index (κ1) is 18.2. The number of aliphatic hydroxyl groups is 1. The van der Waals surface area contributed by atoms with Crippen molar-refractivity contribution in [2.45, 2.75) is 24.9 Å². The molecule has 1 rings (SSSR count). The fourth-order valence-corrected chi connectivity index (χ4v) is 1.29. The molecular weight excluding hydrogens is 337 g/mol. The Labute approximate surface area is 116 Å². The SMILES string of the molecule is O[C@@H](Nc1ccc(OC(F)(F)F)c(C(F)(F)F)c1)C(F)(F)F. The molecule has 0 aliphatic heterocycles. The first-order chi connectivity index (χ1) is 9.70. The van der Waals surface area contributed by atoms with Gasteiger partial charge in [-0.3, -0.25) is 0 Å². The summed E-state index contributed by atoms with van der Waals surface area (Å²) >= 11 is 0. The van der Waals surface area contributed by atoms with Crippen LogP contribution in [0.4, 0.5) is 45.2 Å². The molecule has 12 heteroatoms. The summed E-state index contributed by atoms with van der Waals surface area (Å²) in [5.74, 6) is -1.63. The monoisotopic (exact) mass is 343 g/mol. The van der Waals surface area contributed by atoms with Crippen molar-refractivity contribution in [2.24, 2.45) is 0 Å². The van der Waals surface area contributed by atoms with Crippen LogP contribution in [0.2, 0.25) is 0 Å². The lowest BCUT2D eigenvalue weighted by Gasteiger charge is -2.20. The van der Waals surface area contributed by atoms with Crippen molar-refractivity contribution in [2.75, 3.05) is 5.32 Å². The number of anilines is 1. The molecular formula is C10H6F9NO2. The molecule has 0 radical (unpaired) electrons. The number of hydrogen-bond donors (Lipinski definition) is 2. The van der Waals surface area contributed by atoms with E-state index in [2.05, 4.69) is 4.74 Å². The van der Waals surface area contributed by atoms with Crippen LogP contribution in [0.5, 0.6) is 5.75 Å². The molecule has 1 aromatic carbocycles. The van der Waals surface area contributed by atoms with Crippen LogP contribution in [-0.4, -0.2) is 23.9 Å². The van der Waals surface area contributed by atoms with E-state index >= 15 is 0 Å². The molecule has 0 aromatic heterocycles. The molecule has 0 aliphatic carbocycles. The number of rotatable bonds is 3. The van der Waals surface area contributed by atoms with E-state index in [0.717, 1.165) is 0 Å². The van der Waals surface area contributed by atoms with Gasteiger partial charge >= 0.3 is 18.7 Å². The highest BCUT2D eigenvalue weighted by Crippen LogP contribution is 2.40. The number of aliphatic hydroxyl groups excluding tert-OH is 1. The van der Waals surface area contributed by atoms with E-state index in [4.69, 9.17) is 5.11 Å². The van der Waals surface area contributed by atoms with Gasteiger partial charge in [0.05, 0.1) is 5.56 Å². The van der Waals surface area contributed by atoms with Crippen molar-refractivity contribution >= 4 is 5.69 Å². The van der Waals surface area contributed by atoms with Crippen molar-refractivity contribution in [1.82, 2.24) is 0 Å². The molecule has 0 heterocycles. The minimum Gasteiger partial charge on any atom is -0.405 e. The number of benzene rings is 1. The third-order valence-corrected chi connectivity index (χ3v) is 2.12. The molecule has 0 aliphatic rings. The van der Waals surface area contributed by atoms with Crippen molar-refractivity contribution < 1.29 is 49.4 Å². The van der Waals surface area contributed by atoms with Gasteiger partial charge < -0.3 is 15.2 Å². The minimum absolute atomic E-state index is 0.0456. The van der Waals surface area contributed by atoms with Crippen LogP contribution < -0.4 is 10.1 Å². The summed E-state index contributed by atoms with van der Waals surface area (Å²) in [5, 5.41) is 9.94. The van der Waals surface area contributed by atoms with Crippen LogP contribution in [0.1, 0.15) is 5.56 Å². The van der Waals surface area contributed by atoms with E-state index in [1.807, 2.05) is 0 Å². The Kier molecular flexibility index (Phi) is 4.75. The highest BCUT2D eigenvalue weighted by molar-refractivity contribution is 5.52. The molecule has 2 N–H and O–H groups in total. The Hall–Kier alpha value is -1.85. The molecule has 0 amide bonds. The zero-order valence-electron chi connectivity index (χ0n) is 10.1. The average Bonchev–Trinajstić information content (AvgIpc) is 2.26. The second-order valence-electron chi connectivity index (χ2n) is 3.84. The maximum Gasteiger partial charge on any atom is 0.573 e. The van der Waals surface area contributed by atoms with Crippen LogP contribution in [0, 0.1) is 0 Å². The average molecular weight is 343 g/mol. The maximum absolute atomic E-state index is 12.6. The van der Waals surface area contributed by atoms with Crippen LogP contribution in [0.25, 0.3) is 0 Å². The first-order valence-electron chi connectivity index (χ1n) is 5.18. The van der Waals surface area contributed by atoms with Crippen LogP contribution in [0.15, 0.2) is 18.2 Å². The van der Waals surface area contributed by atoms with Crippen molar-refractivity contribution in [3.63, 3.8) is 0 Å². The lowest BCUT2D eigenvalue weighted by Crippen LogP contribution is -2.35. The Morgan fingerprint density at radius 3 is 1.91 bits per heavy atom. The normalized spacial score (nSPS) is 14.6. The third kappa shape index (κ3) is 5.16. The molecule has 22 heavy (non-hydrogen) atoms. The lowest BCUT2D eigenvalue weighted by atomic mass is 10.1. The molecule has 1 aromatic rings. The number of ether oxygens (including phenoxy) is 1. The zero-order chi connectivity index (χ0) is 17.3. The van der Waals surface area contributed by atoms with Crippen molar-refractivity contribution in [1.29, 1.82) is 0 Å². The van der Waals surface area contributed by atoms with Crippen LogP contribution in [0.3, 0.4) is 0 Å². The summed E-state index contributed by atoms with van der Waals surface area (Å²) in [6.45, 7) is 0. The number of hydrogen-bond acceptors (Lipinski definition) is 3. The van der Waals surface area contributed by atoms with Gasteiger partial charge in [0.1, 0.15) is 5.75 Å². The Bertz CT molecular complexity index is 521. The topological polar surface area (TPSA) is 41.5 Å². The van der Waals surface area contributed by atoms with Gasteiger partial charge in [0.25, 0.3) is 0 Å². The highest BCUT2D eigenvalue weighted by Gasteiger charge is 2.41. The number of halogens is 9. The standard InChI is InChI=1S/C10H6F9NO2/c11-8(12,13)5-3-4(20-7(21)9(14,15)16)1-2-6(5)22-10(17,18)19/h1-3,7,20-21H/t7-/m1/s1. The highest BCUT2D eigenvalue weighted by atomic mass is 19.4. The van der Waals surface area contributed by atoms with Gasteiger partial charge in [0.15, 0.2) is 0 Å². The quantitative estimate of drug-likeness (QED) is 0.646. The largest absolute Gasteiger partial charge is 0.573 e. The molecule has 0 saturated carbocycles. The fraction of sp³-hybridized carbons (Fsp3) is 0.400. The predicted molar refractivity (Wildman–Crippen MR) is 53.8 cm³/mol. The molecule has 0 fully saturated rings. The molecule has 126 valence electrons. The second-order valence-corrected chi connectivity index (χ2v) is 3.84. The van der Waals surface area contributed by atoms with E-state index in [0.29, 0.717) is 6.07 Å². The van der Waals surface area contributed by atoms with Crippen molar-refractivity contribution in [3.05, 3.63) is 23.8 Å². The van der Waals surface area contributed by atoms with Crippen LogP contribution in [-0.2, 0) is 6.18 Å². The van der Waals surface area contributed by atoms with E-state index in [1.165, 1.54) is 5.32 Å². The molecule has 1 atom stereocenters. The Morgan fingerprint density at radius 1 is 0.955 bits per heavy atom. The van der Waals surface area contributed by atoms with Gasteiger partial charge in [-0.05, 0) is 18.2 Å². The maximum atomic E-state index is 12.6. The Morgan fingerprint density at radius 2 is 1.50 bits per heavy atom. The second kappa shape index (κ2) is 5.74. The fourth-order valence-electron chi connectivity index (χ4n) is 1.29. The van der Waals surface area contributed by atoms with Gasteiger partial charge in [-0.15, -0.1) is 13.2 Å². The third-order valence-electron chi connectivity index (χ3n) is 2.12. The summed E-state index contributed by atoms with van der Waals surface area (Å²) in [6, 6.07) is 0.600. The predicted octanol–water partition coefficient (Wildman–Crippen LogP) is 3.90. The zero-order valence-corrected chi connectivity index (χ0v) is 10.1. The summed E-state index contributed by atoms with van der Waals surface area (Å²) in [5.41, 5.74) is -2.85. The number of alkyl halides is 9. The summed E-state index contributed by atoms with van der Waals surface area (Å²) in [6.07, 6.45) is -19.1. The summed E-state index contributed by atoms with van der Waals surface area (Å²) in [4.78, 5) is 0. The van der Waals surface area contributed by atoms with Gasteiger partial charge in [0.2, 0.25) is 6.23 Å². The summed E-state index contributed by atoms with van der Waals surface area (Å²) in [7, 11) is 0. The van der Waals surface area contributed by atoms with Crippen LogP contribution >= 0.6 is 0 Å². The van der Waals surface area contributed by atoms with Gasteiger partial charge in [-0.2, -0.15) is 26.3 Å². The van der Waals surface area contributed by atoms with E-state index in [-0.39, 0.29) is 12.1 Å². The lowest BCUT2D eigenvalue weighted by molar-refractivity contribution is -0.276. The van der Waals surface area contributed by atoms with Gasteiger partial charge in [-0.25, -0.2) is 0 Å². The number of nitrogens with one attached hydrogen (secondary N) is 1. The molecule has 0 spiro atoms.